The summed E-state index contributed by atoms with van der Waals surface area (Å²) in [5, 5.41) is 0. The highest BCUT2D eigenvalue weighted by Gasteiger charge is 2.08. The van der Waals surface area contributed by atoms with Crippen LogP contribution in [0.3, 0.4) is 0 Å². The lowest BCUT2D eigenvalue weighted by atomic mass is 10.1. The van der Waals surface area contributed by atoms with Crippen LogP contribution in [0.1, 0.15) is 18.2 Å². The van der Waals surface area contributed by atoms with Gasteiger partial charge in [0, 0.05) is 11.9 Å². The smallest absolute Gasteiger partial charge is 0.311 e. The molecule has 76 valence electrons. The van der Waals surface area contributed by atoms with Crippen LogP contribution in [-0.4, -0.2) is 17.6 Å². The summed E-state index contributed by atoms with van der Waals surface area (Å²) in [4.78, 5) is 15.3. The molecule has 0 saturated heterocycles. The Morgan fingerprint density at radius 2 is 2.36 bits per heavy atom. The highest BCUT2D eigenvalue weighted by molar-refractivity contribution is 5.73. The number of aromatic nitrogens is 1. The summed E-state index contributed by atoms with van der Waals surface area (Å²) in [6.07, 6.45) is 1.78. The first kappa shape index (κ1) is 10.5. The largest absolute Gasteiger partial charge is 0.466 e. The first-order valence-electron chi connectivity index (χ1n) is 4.50. The molecule has 1 aromatic rings. The second-order valence-electron chi connectivity index (χ2n) is 2.95. The van der Waals surface area contributed by atoms with Crippen molar-refractivity contribution < 1.29 is 9.53 Å². The lowest BCUT2D eigenvalue weighted by molar-refractivity contribution is -0.142. The van der Waals surface area contributed by atoms with Crippen molar-refractivity contribution in [3.8, 4) is 0 Å². The second-order valence-corrected chi connectivity index (χ2v) is 2.95. The summed E-state index contributed by atoms with van der Waals surface area (Å²) >= 11 is 0. The second kappa shape index (κ2) is 4.60. The number of anilines is 1. The van der Waals surface area contributed by atoms with E-state index >= 15 is 0 Å². The van der Waals surface area contributed by atoms with Crippen LogP contribution >= 0.6 is 0 Å². The average molecular weight is 194 g/mol. The average Bonchev–Trinajstić information content (AvgIpc) is 2.13. The van der Waals surface area contributed by atoms with E-state index in [1.165, 1.54) is 0 Å². The van der Waals surface area contributed by atoms with Gasteiger partial charge in [-0.25, -0.2) is 0 Å². The number of nitrogens with zero attached hydrogens (tertiary/aromatic N) is 1. The minimum atomic E-state index is -0.270. The number of carbonyl (C=O) groups is 1. The summed E-state index contributed by atoms with van der Waals surface area (Å²) < 4.78 is 4.82. The topological polar surface area (TPSA) is 65.2 Å². The zero-order chi connectivity index (χ0) is 10.6. The molecule has 0 spiro atoms. The van der Waals surface area contributed by atoms with E-state index in [1.807, 2.05) is 6.92 Å². The number of rotatable bonds is 3. The van der Waals surface area contributed by atoms with E-state index in [0.29, 0.717) is 18.0 Å². The van der Waals surface area contributed by atoms with E-state index in [0.717, 1.165) is 5.56 Å². The van der Waals surface area contributed by atoms with Crippen LogP contribution in [0.2, 0.25) is 0 Å². The van der Waals surface area contributed by atoms with Crippen molar-refractivity contribution in [1.29, 1.82) is 0 Å². The van der Waals surface area contributed by atoms with Crippen LogP contribution < -0.4 is 5.73 Å². The van der Waals surface area contributed by atoms with Crippen LogP contribution in [0.15, 0.2) is 12.3 Å². The van der Waals surface area contributed by atoms with Gasteiger partial charge in [-0.1, -0.05) is 0 Å². The summed E-state index contributed by atoms with van der Waals surface area (Å²) in [7, 11) is 0. The molecule has 0 aliphatic carbocycles. The van der Waals surface area contributed by atoms with Crippen LogP contribution in [0.25, 0.3) is 0 Å². The molecule has 0 bridgehead atoms. The maximum absolute atomic E-state index is 11.2. The molecule has 1 rings (SSSR count). The number of nitrogen functional groups attached to an aromatic ring is 1. The van der Waals surface area contributed by atoms with Gasteiger partial charge < -0.3 is 10.5 Å². The van der Waals surface area contributed by atoms with Gasteiger partial charge in [0.25, 0.3) is 0 Å². The lowest BCUT2D eigenvalue weighted by Gasteiger charge is -2.06. The van der Waals surface area contributed by atoms with Crippen molar-refractivity contribution >= 4 is 11.7 Å². The molecular weight excluding hydrogens is 180 g/mol. The zero-order valence-corrected chi connectivity index (χ0v) is 8.41. The van der Waals surface area contributed by atoms with Crippen molar-refractivity contribution in [2.24, 2.45) is 0 Å². The van der Waals surface area contributed by atoms with Crippen molar-refractivity contribution in [3.05, 3.63) is 23.5 Å². The monoisotopic (exact) mass is 194 g/mol. The van der Waals surface area contributed by atoms with Crippen LogP contribution in [-0.2, 0) is 16.0 Å². The van der Waals surface area contributed by atoms with E-state index in [-0.39, 0.29) is 12.4 Å². The molecule has 0 aliphatic heterocycles. The van der Waals surface area contributed by atoms with Crippen molar-refractivity contribution in [2.45, 2.75) is 20.3 Å². The molecule has 0 unspecified atom stereocenters. The molecule has 0 aromatic carbocycles. The Labute approximate surface area is 83.1 Å². The summed E-state index contributed by atoms with van der Waals surface area (Å²) in [5.74, 6) is -0.270. The molecule has 0 amide bonds. The Bertz CT molecular complexity index is 337. The van der Waals surface area contributed by atoms with E-state index in [1.54, 1.807) is 19.2 Å². The summed E-state index contributed by atoms with van der Waals surface area (Å²) in [5.41, 5.74) is 7.86. The van der Waals surface area contributed by atoms with Gasteiger partial charge in [-0.15, -0.1) is 0 Å². The predicted molar refractivity (Wildman–Crippen MR) is 53.7 cm³/mol. The SMILES string of the molecule is CCOC(=O)Cc1nccc(N)c1C. The molecule has 14 heavy (non-hydrogen) atoms. The molecule has 0 aliphatic rings. The third-order valence-corrected chi connectivity index (χ3v) is 1.97. The summed E-state index contributed by atoms with van der Waals surface area (Å²) in [6.45, 7) is 4.01. The van der Waals surface area contributed by atoms with Gasteiger partial charge in [0.15, 0.2) is 0 Å². The Balaban J connectivity index is 2.76. The van der Waals surface area contributed by atoms with Gasteiger partial charge in [-0.2, -0.15) is 0 Å². The number of hydrogen-bond donors (Lipinski definition) is 1. The molecule has 2 N–H and O–H groups in total. The standard InChI is InChI=1S/C10H14N2O2/c1-3-14-10(13)6-9-7(2)8(11)4-5-12-9/h4-5H,3,6H2,1-2H3,(H2,11,12). The molecule has 0 fully saturated rings. The minimum absolute atomic E-state index is 0.185. The molecule has 0 saturated carbocycles. The zero-order valence-electron chi connectivity index (χ0n) is 8.41. The van der Waals surface area contributed by atoms with Crippen LogP contribution in [0.4, 0.5) is 5.69 Å². The van der Waals surface area contributed by atoms with E-state index in [2.05, 4.69) is 4.98 Å². The molecule has 0 radical (unpaired) electrons. The molecule has 4 heteroatoms. The number of carbonyl (C=O) groups excluding carboxylic acids is 1. The Morgan fingerprint density at radius 1 is 1.64 bits per heavy atom. The Kier molecular flexibility index (Phi) is 3.45. The third kappa shape index (κ3) is 2.45. The van der Waals surface area contributed by atoms with E-state index in [4.69, 9.17) is 10.5 Å². The fourth-order valence-electron chi connectivity index (χ4n) is 1.12. The fraction of sp³-hybridized carbons (Fsp3) is 0.400. The Morgan fingerprint density at radius 3 is 3.00 bits per heavy atom. The maximum atomic E-state index is 11.2. The number of hydrogen-bond acceptors (Lipinski definition) is 4. The first-order valence-corrected chi connectivity index (χ1v) is 4.50. The molecule has 4 nitrogen and oxygen atoms in total. The van der Waals surface area contributed by atoms with Crippen LogP contribution in [0, 0.1) is 6.92 Å². The quantitative estimate of drug-likeness (QED) is 0.731. The van der Waals surface area contributed by atoms with Gasteiger partial charge in [-0.05, 0) is 25.5 Å². The fourth-order valence-corrected chi connectivity index (χ4v) is 1.12. The highest BCUT2D eigenvalue weighted by Crippen LogP contribution is 2.13. The first-order chi connectivity index (χ1) is 6.65. The van der Waals surface area contributed by atoms with Crippen LogP contribution in [0.5, 0.6) is 0 Å². The minimum Gasteiger partial charge on any atom is -0.466 e. The highest BCUT2D eigenvalue weighted by atomic mass is 16.5. The predicted octanol–water partition coefficient (Wildman–Crippen LogP) is 1.08. The maximum Gasteiger partial charge on any atom is 0.311 e. The van der Waals surface area contributed by atoms with Gasteiger partial charge in [0.05, 0.1) is 18.7 Å². The number of esters is 1. The van der Waals surface area contributed by atoms with Gasteiger partial charge in [-0.3, -0.25) is 9.78 Å². The Hall–Kier alpha value is -1.58. The van der Waals surface area contributed by atoms with Gasteiger partial charge >= 0.3 is 5.97 Å². The third-order valence-electron chi connectivity index (χ3n) is 1.97. The number of pyridine rings is 1. The van der Waals surface area contributed by atoms with E-state index in [9.17, 15) is 4.79 Å². The molecular formula is C10H14N2O2. The van der Waals surface area contributed by atoms with Crippen molar-refractivity contribution in [3.63, 3.8) is 0 Å². The molecule has 1 heterocycles. The molecule has 1 aromatic heterocycles. The van der Waals surface area contributed by atoms with Crippen molar-refractivity contribution in [2.75, 3.05) is 12.3 Å². The lowest BCUT2D eigenvalue weighted by Crippen LogP contribution is -2.10. The molecule has 0 atom stereocenters. The van der Waals surface area contributed by atoms with Gasteiger partial charge in [0.2, 0.25) is 0 Å². The number of nitrogens with two attached hydrogens (primary N) is 1. The summed E-state index contributed by atoms with van der Waals surface area (Å²) in [6, 6.07) is 1.71. The van der Waals surface area contributed by atoms with Crippen molar-refractivity contribution in [1.82, 2.24) is 4.98 Å². The normalized spacial score (nSPS) is 9.86. The van der Waals surface area contributed by atoms with E-state index < -0.39 is 0 Å². The number of ether oxygens (including phenoxy) is 1. The van der Waals surface area contributed by atoms with Gasteiger partial charge in [0.1, 0.15) is 0 Å².